The van der Waals surface area contributed by atoms with Crippen molar-refractivity contribution in [3.8, 4) is 5.82 Å². The number of nitrogens with one attached hydrogen (secondary N) is 1. The fourth-order valence-corrected chi connectivity index (χ4v) is 2.66. The molecule has 7 nitrogen and oxygen atoms in total. The molecule has 0 aliphatic carbocycles. The molecule has 0 atom stereocenters. The summed E-state index contributed by atoms with van der Waals surface area (Å²) in [5, 5.41) is 11.5. The van der Waals surface area contributed by atoms with E-state index in [0.29, 0.717) is 17.0 Å². The van der Waals surface area contributed by atoms with Gasteiger partial charge in [0.1, 0.15) is 12.1 Å². The fourth-order valence-electron chi connectivity index (χ4n) is 2.66. The van der Waals surface area contributed by atoms with Crippen LogP contribution in [0.4, 0.5) is 8.78 Å². The van der Waals surface area contributed by atoms with Gasteiger partial charge in [0.2, 0.25) is 0 Å². The Morgan fingerprint density at radius 2 is 2.09 bits per heavy atom. The van der Waals surface area contributed by atoms with Gasteiger partial charge >= 0.3 is 0 Å². The van der Waals surface area contributed by atoms with Crippen molar-refractivity contribution in [2.75, 3.05) is 6.54 Å². The highest BCUT2D eigenvalue weighted by molar-refractivity contribution is 5.85. The van der Waals surface area contributed by atoms with Crippen molar-refractivity contribution in [2.24, 2.45) is 0 Å². The van der Waals surface area contributed by atoms with E-state index in [1.54, 1.807) is 17.1 Å². The SMILES string of the molecule is Cl.FC(F)Cn1ncc2ncc(-n3ncc4c3CCNC4)nc21. The van der Waals surface area contributed by atoms with E-state index in [2.05, 4.69) is 25.5 Å². The average molecular weight is 342 g/mol. The minimum atomic E-state index is -2.49. The summed E-state index contributed by atoms with van der Waals surface area (Å²) in [6.07, 6.45) is 3.18. The minimum absolute atomic E-state index is 0. The summed E-state index contributed by atoms with van der Waals surface area (Å²) in [4.78, 5) is 8.67. The van der Waals surface area contributed by atoms with Crippen LogP contribution >= 0.6 is 12.4 Å². The molecule has 0 fully saturated rings. The Balaban J connectivity index is 0.00000156. The van der Waals surface area contributed by atoms with Gasteiger partial charge in [0.25, 0.3) is 6.43 Å². The first-order chi connectivity index (χ1) is 10.7. The number of alkyl halides is 2. The maximum Gasteiger partial charge on any atom is 0.258 e. The molecule has 0 amide bonds. The predicted octanol–water partition coefficient (Wildman–Crippen LogP) is 1.34. The van der Waals surface area contributed by atoms with Gasteiger partial charge in [0.15, 0.2) is 11.5 Å². The van der Waals surface area contributed by atoms with Gasteiger partial charge in [0, 0.05) is 25.1 Å². The maximum absolute atomic E-state index is 12.6. The Morgan fingerprint density at radius 1 is 1.22 bits per heavy atom. The van der Waals surface area contributed by atoms with Crippen LogP contribution in [0.5, 0.6) is 0 Å². The minimum Gasteiger partial charge on any atom is -0.312 e. The van der Waals surface area contributed by atoms with Gasteiger partial charge in [0.05, 0.1) is 24.3 Å². The molecule has 0 aromatic carbocycles. The number of nitrogens with zero attached hydrogens (tertiary/aromatic N) is 6. The number of aromatic nitrogens is 6. The zero-order valence-corrected chi connectivity index (χ0v) is 12.8. The number of rotatable bonds is 3. The molecular weight excluding hydrogens is 328 g/mol. The van der Waals surface area contributed by atoms with Crippen LogP contribution in [-0.2, 0) is 19.5 Å². The van der Waals surface area contributed by atoms with E-state index in [0.717, 1.165) is 30.8 Å². The topological polar surface area (TPSA) is 73.5 Å². The Bertz CT molecular complexity index is 829. The zero-order valence-electron chi connectivity index (χ0n) is 12.0. The highest BCUT2D eigenvalue weighted by Gasteiger charge is 2.18. The Labute approximate surface area is 136 Å². The van der Waals surface area contributed by atoms with Crippen LogP contribution in [0.3, 0.4) is 0 Å². The molecule has 4 rings (SSSR count). The highest BCUT2D eigenvalue weighted by Crippen LogP contribution is 2.18. The number of fused-ring (bicyclic) bond motifs is 2. The normalized spacial score (nSPS) is 14.0. The summed E-state index contributed by atoms with van der Waals surface area (Å²) < 4.78 is 28.1. The smallest absolute Gasteiger partial charge is 0.258 e. The van der Waals surface area contributed by atoms with Gasteiger partial charge in [-0.05, 0) is 0 Å². The molecular formula is C13H14ClF2N7. The largest absolute Gasteiger partial charge is 0.312 e. The molecule has 3 aromatic rings. The van der Waals surface area contributed by atoms with E-state index < -0.39 is 13.0 Å². The van der Waals surface area contributed by atoms with Crippen molar-refractivity contribution in [1.82, 2.24) is 34.8 Å². The first-order valence-corrected chi connectivity index (χ1v) is 6.96. The van der Waals surface area contributed by atoms with Crippen LogP contribution < -0.4 is 5.32 Å². The van der Waals surface area contributed by atoms with Crippen molar-refractivity contribution < 1.29 is 8.78 Å². The van der Waals surface area contributed by atoms with Crippen molar-refractivity contribution in [1.29, 1.82) is 0 Å². The summed E-state index contributed by atoms with van der Waals surface area (Å²) in [6, 6.07) is 0. The van der Waals surface area contributed by atoms with Crippen molar-refractivity contribution in [2.45, 2.75) is 25.9 Å². The predicted molar refractivity (Wildman–Crippen MR) is 81.1 cm³/mol. The second kappa shape index (κ2) is 6.17. The second-order valence-electron chi connectivity index (χ2n) is 5.11. The quantitative estimate of drug-likeness (QED) is 0.778. The van der Waals surface area contributed by atoms with Crippen LogP contribution in [0.25, 0.3) is 17.0 Å². The number of halogens is 3. The van der Waals surface area contributed by atoms with E-state index in [1.165, 1.54) is 10.9 Å². The van der Waals surface area contributed by atoms with Crippen LogP contribution in [-0.4, -0.2) is 42.5 Å². The summed E-state index contributed by atoms with van der Waals surface area (Å²) in [5.41, 5.74) is 3.03. The molecule has 1 aliphatic heterocycles. The molecule has 23 heavy (non-hydrogen) atoms. The van der Waals surface area contributed by atoms with Crippen molar-refractivity contribution in [3.63, 3.8) is 0 Å². The summed E-state index contributed by atoms with van der Waals surface area (Å²) in [7, 11) is 0. The van der Waals surface area contributed by atoms with E-state index in [9.17, 15) is 8.78 Å². The average Bonchev–Trinajstić information content (AvgIpc) is 3.11. The molecule has 0 unspecified atom stereocenters. The molecule has 0 saturated heterocycles. The van der Waals surface area contributed by atoms with Crippen LogP contribution in [0.15, 0.2) is 18.6 Å². The molecule has 1 N–H and O–H groups in total. The Morgan fingerprint density at radius 3 is 2.91 bits per heavy atom. The van der Waals surface area contributed by atoms with E-state index in [-0.39, 0.29) is 12.4 Å². The highest BCUT2D eigenvalue weighted by atomic mass is 35.5. The lowest BCUT2D eigenvalue weighted by Gasteiger charge is -2.14. The van der Waals surface area contributed by atoms with Crippen LogP contribution in [0, 0.1) is 0 Å². The van der Waals surface area contributed by atoms with Crippen LogP contribution in [0.2, 0.25) is 0 Å². The summed E-state index contributed by atoms with van der Waals surface area (Å²) >= 11 is 0. The number of hydrogen-bond donors (Lipinski definition) is 1. The lowest BCUT2D eigenvalue weighted by Crippen LogP contribution is -2.24. The molecule has 0 bridgehead atoms. The Kier molecular flexibility index (Phi) is 4.22. The van der Waals surface area contributed by atoms with Gasteiger partial charge in [-0.25, -0.2) is 28.1 Å². The number of hydrogen-bond acceptors (Lipinski definition) is 5. The maximum atomic E-state index is 12.6. The van der Waals surface area contributed by atoms with Crippen molar-refractivity contribution >= 4 is 23.6 Å². The second-order valence-corrected chi connectivity index (χ2v) is 5.11. The van der Waals surface area contributed by atoms with Gasteiger partial charge in [-0.1, -0.05) is 0 Å². The molecule has 0 saturated carbocycles. The van der Waals surface area contributed by atoms with E-state index >= 15 is 0 Å². The summed E-state index contributed by atoms with van der Waals surface area (Å²) in [6.45, 7) is 1.15. The first-order valence-electron chi connectivity index (χ1n) is 6.96. The third-order valence-corrected chi connectivity index (χ3v) is 3.67. The molecule has 1 aliphatic rings. The third-order valence-electron chi connectivity index (χ3n) is 3.67. The lowest BCUT2D eigenvalue weighted by molar-refractivity contribution is 0.123. The van der Waals surface area contributed by atoms with E-state index in [4.69, 9.17) is 0 Å². The van der Waals surface area contributed by atoms with E-state index in [1.807, 2.05) is 0 Å². The molecule has 3 aromatic heterocycles. The van der Waals surface area contributed by atoms with Crippen molar-refractivity contribution in [3.05, 3.63) is 29.8 Å². The summed E-state index contributed by atoms with van der Waals surface area (Å²) in [5.74, 6) is 0.520. The zero-order chi connectivity index (χ0) is 15.1. The molecule has 4 heterocycles. The standard InChI is InChI=1S/C13H13F2N7.ClH/c14-11(15)7-21-13-9(5-18-21)17-6-12(20-13)22-10-1-2-16-3-8(10)4-19-22;/h4-6,11,16H,1-3,7H2;1H. The molecule has 0 radical (unpaired) electrons. The van der Waals surface area contributed by atoms with Gasteiger partial charge in [-0.3, -0.25) is 0 Å². The lowest BCUT2D eigenvalue weighted by atomic mass is 10.1. The fraction of sp³-hybridized carbons (Fsp3) is 0.385. The molecule has 0 spiro atoms. The molecule has 122 valence electrons. The van der Waals surface area contributed by atoms with Crippen LogP contribution in [0.1, 0.15) is 11.3 Å². The monoisotopic (exact) mass is 341 g/mol. The molecule has 10 heteroatoms. The van der Waals surface area contributed by atoms with Gasteiger partial charge < -0.3 is 5.32 Å². The van der Waals surface area contributed by atoms with Gasteiger partial charge in [-0.15, -0.1) is 12.4 Å². The Hall–Kier alpha value is -2.13. The van der Waals surface area contributed by atoms with Gasteiger partial charge in [-0.2, -0.15) is 10.2 Å². The first kappa shape index (κ1) is 15.8. The third kappa shape index (κ3) is 2.77.